The molecular formula is C23H22Cl2N2O4. The Bertz CT molecular complexity index is 1070. The molecule has 0 unspecified atom stereocenters. The number of carbonyl (C=O) groups is 2. The zero-order valence-corrected chi connectivity index (χ0v) is 18.7. The molecule has 0 aliphatic carbocycles. The van der Waals surface area contributed by atoms with Crippen molar-refractivity contribution in [1.29, 1.82) is 0 Å². The number of ether oxygens (including phenoxy) is 2. The normalized spacial score (nSPS) is 14.7. The molecule has 0 atom stereocenters. The molecule has 31 heavy (non-hydrogen) atoms. The van der Waals surface area contributed by atoms with Crippen LogP contribution in [-0.4, -0.2) is 30.5 Å². The Hall–Kier alpha value is -2.96. The molecule has 3 amide bonds. The number of allylic oxidation sites excluding steroid dienone is 1. The van der Waals surface area contributed by atoms with Gasteiger partial charge in [-0.05, 0) is 54.8 Å². The van der Waals surface area contributed by atoms with Gasteiger partial charge < -0.3 is 14.8 Å². The van der Waals surface area contributed by atoms with Crippen LogP contribution in [0.2, 0.25) is 10.0 Å². The van der Waals surface area contributed by atoms with Gasteiger partial charge in [0.1, 0.15) is 12.3 Å². The third kappa shape index (κ3) is 5.21. The summed E-state index contributed by atoms with van der Waals surface area (Å²) in [5.74, 6) is 0.709. The molecule has 0 radical (unpaired) electrons. The lowest BCUT2D eigenvalue weighted by molar-refractivity contribution is -0.121. The Kier molecular flexibility index (Phi) is 7.25. The highest BCUT2D eigenvalue weighted by molar-refractivity contribution is 6.42. The second kappa shape index (κ2) is 9.90. The fourth-order valence-electron chi connectivity index (χ4n) is 3.08. The number of amides is 3. The fourth-order valence-corrected chi connectivity index (χ4v) is 3.40. The van der Waals surface area contributed by atoms with Crippen LogP contribution in [0.1, 0.15) is 23.6 Å². The summed E-state index contributed by atoms with van der Waals surface area (Å²) in [6.07, 6.45) is 3.89. The molecular weight excluding hydrogens is 439 g/mol. The van der Waals surface area contributed by atoms with Crippen molar-refractivity contribution >= 4 is 41.2 Å². The van der Waals surface area contributed by atoms with E-state index in [1.807, 2.05) is 19.1 Å². The fraction of sp³-hybridized carbons (Fsp3) is 0.217. The van der Waals surface area contributed by atoms with Gasteiger partial charge in [0, 0.05) is 12.6 Å². The highest BCUT2D eigenvalue weighted by atomic mass is 35.5. The second-order valence-electron chi connectivity index (χ2n) is 6.82. The van der Waals surface area contributed by atoms with Crippen LogP contribution in [0, 0.1) is 0 Å². The van der Waals surface area contributed by atoms with Crippen molar-refractivity contribution in [3.05, 3.63) is 75.4 Å². The van der Waals surface area contributed by atoms with E-state index >= 15 is 0 Å². The van der Waals surface area contributed by atoms with E-state index in [-0.39, 0.29) is 12.3 Å². The summed E-state index contributed by atoms with van der Waals surface area (Å²) in [5, 5.41) is 3.49. The standard InChI is InChI=1S/C23H22Cl2N2O4/c1-4-6-16-9-15(11-19-22(28)27(3)23(29)26-19)12-20(30-5-2)21(16)31-13-14-7-8-17(24)18(25)10-14/h4,7-12H,1,5-6,13H2,2-3H3,(H,26,29)/b19-11+. The molecule has 0 aromatic heterocycles. The van der Waals surface area contributed by atoms with Crippen LogP contribution < -0.4 is 14.8 Å². The van der Waals surface area contributed by atoms with Gasteiger partial charge in [-0.2, -0.15) is 0 Å². The van der Waals surface area contributed by atoms with E-state index in [9.17, 15) is 9.59 Å². The molecule has 6 nitrogen and oxygen atoms in total. The number of halogens is 2. The second-order valence-corrected chi connectivity index (χ2v) is 7.64. The van der Waals surface area contributed by atoms with Crippen molar-refractivity contribution < 1.29 is 19.1 Å². The number of nitrogens with one attached hydrogen (secondary N) is 1. The highest BCUT2D eigenvalue weighted by Crippen LogP contribution is 2.36. The van der Waals surface area contributed by atoms with E-state index in [4.69, 9.17) is 32.7 Å². The number of urea groups is 1. The van der Waals surface area contributed by atoms with Gasteiger partial charge >= 0.3 is 6.03 Å². The van der Waals surface area contributed by atoms with E-state index in [1.54, 1.807) is 30.4 Å². The molecule has 0 spiro atoms. The first-order valence-electron chi connectivity index (χ1n) is 9.62. The van der Waals surface area contributed by atoms with Crippen molar-refractivity contribution in [2.24, 2.45) is 0 Å². The lowest BCUT2D eigenvalue weighted by atomic mass is 10.0. The average Bonchev–Trinajstić information content (AvgIpc) is 2.97. The highest BCUT2D eigenvalue weighted by Gasteiger charge is 2.30. The Labute approximate surface area is 191 Å². The van der Waals surface area contributed by atoms with E-state index in [0.29, 0.717) is 40.1 Å². The molecule has 1 aliphatic rings. The molecule has 1 aliphatic heterocycles. The zero-order chi connectivity index (χ0) is 22.5. The van der Waals surface area contributed by atoms with Gasteiger partial charge in [0.25, 0.3) is 5.91 Å². The summed E-state index contributed by atoms with van der Waals surface area (Å²) >= 11 is 12.1. The number of hydrogen-bond donors (Lipinski definition) is 1. The molecule has 0 bridgehead atoms. The van der Waals surface area contributed by atoms with E-state index in [0.717, 1.165) is 16.0 Å². The van der Waals surface area contributed by atoms with Crippen LogP contribution in [0.4, 0.5) is 4.79 Å². The van der Waals surface area contributed by atoms with Crippen molar-refractivity contribution in [3.8, 4) is 11.5 Å². The molecule has 2 aromatic rings. The predicted molar refractivity (Wildman–Crippen MR) is 122 cm³/mol. The van der Waals surface area contributed by atoms with E-state index in [2.05, 4.69) is 11.9 Å². The maximum Gasteiger partial charge on any atom is 0.328 e. The van der Waals surface area contributed by atoms with Gasteiger partial charge in [0.05, 0.1) is 16.7 Å². The molecule has 8 heteroatoms. The minimum Gasteiger partial charge on any atom is -0.490 e. The topological polar surface area (TPSA) is 67.9 Å². The molecule has 3 rings (SSSR count). The maximum absolute atomic E-state index is 12.2. The summed E-state index contributed by atoms with van der Waals surface area (Å²) in [5.41, 5.74) is 2.58. The Morgan fingerprint density at radius 2 is 1.90 bits per heavy atom. The molecule has 1 heterocycles. The summed E-state index contributed by atoms with van der Waals surface area (Å²) in [7, 11) is 1.42. The SMILES string of the molecule is C=CCc1cc(/C=C2/NC(=O)N(C)C2=O)cc(OCC)c1OCc1ccc(Cl)c(Cl)c1. The van der Waals surface area contributed by atoms with Crippen molar-refractivity contribution in [1.82, 2.24) is 10.2 Å². The van der Waals surface area contributed by atoms with Crippen LogP contribution in [0.3, 0.4) is 0 Å². The zero-order valence-electron chi connectivity index (χ0n) is 17.2. The molecule has 0 saturated carbocycles. The summed E-state index contributed by atoms with van der Waals surface area (Å²) in [6.45, 7) is 6.38. The van der Waals surface area contributed by atoms with Crippen molar-refractivity contribution in [3.63, 3.8) is 0 Å². The van der Waals surface area contributed by atoms with Crippen molar-refractivity contribution in [2.75, 3.05) is 13.7 Å². The smallest absolute Gasteiger partial charge is 0.328 e. The van der Waals surface area contributed by atoms with Crippen LogP contribution in [-0.2, 0) is 17.8 Å². The van der Waals surface area contributed by atoms with Gasteiger partial charge in [0.15, 0.2) is 11.5 Å². The van der Waals surface area contributed by atoms with Gasteiger partial charge in [-0.3, -0.25) is 9.69 Å². The van der Waals surface area contributed by atoms with Crippen LogP contribution >= 0.6 is 23.2 Å². The van der Waals surface area contributed by atoms with Gasteiger partial charge in [0.2, 0.25) is 0 Å². The number of imide groups is 1. The first-order chi connectivity index (χ1) is 14.8. The third-order valence-corrected chi connectivity index (χ3v) is 5.32. The van der Waals surface area contributed by atoms with Crippen LogP contribution in [0.25, 0.3) is 6.08 Å². The van der Waals surface area contributed by atoms with Crippen LogP contribution in [0.15, 0.2) is 48.7 Å². The first kappa shape index (κ1) is 22.7. The minimum atomic E-state index is -0.464. The van der Waals surface area contributed by atoms with Crippen LogP contribution in [0.5, 0.6) is 11.5 Å². The van der Waals surface area contributed by atoms with Crippen molar-refractivity contribution in [2.45, 2.75) is 20.0 Å². The Morgan fingerprint density at radius 3 is 2.52 bits per heavy atom. The molecule has 1 fully saturated rings. The lowest BCUT2D eigenvalue weighted by Gasteiger charge is -2.17. The Morgan fingerprint density at radius 1 is 1.13 bits per heavy atom. The summed E-state index contributed by atoms with van der Waals surface area (Å²) < 4.78 is 11.9. The molecule has 1 N–H and O–H groups in total. The number of carbonyl (C=O) groups excluding carboxylic acids is 2. The number of benzene rings is 2. The number of likely N-dealkylation sites (N-methyl/N-ethyl adjacent to an activating group) is 1. The summed E-state index contributed by atoms with van der Waals surface area (Å²) in [6, 6.07) is 8.49. The number of hydrogen-bond acceptors (Lipinski definition) is 4. The van der Waals surface area contributed by atoms with Gasteiger partial charge in [-0.1, -0.05) is 35.3 Å². The van der Waals surface area contributed by atoms with E-state index in [1.165, 1.54) is 7.05 Å². The maximum atomic E-state index is 12.2. The van der Waals surface area contributed by atoms with Gasteiger partial charge in [-0.25, -0.2) is 4.79 Å². The first-order valence-corrected chi connectivity index (χ1v) is 10.4. The molecule has 2 aromatic carbocycles. The number of rotatable bonds is 8. The lowest BCUT2D eigenvalue weighted by Crippen LogP contribution is -2.25. The van der Waals surface area contributed by atoms with Gasteiger partial charge in [-0.15, -0.1) is 6.58 Å². The third-order valence-electron chi connectivity index (χ3n) is 4.58. The Balaban J connectivity index is 1.96. The largest absolute Gasteiger partial charge is 0.490 e. The summed E-state index contributed by atoms with van der Waals surface area (Å²) in [4.78, 5) is 24.9. The predicted octanol–water partition coefficient (Wildman–Crippen LogP) is 5.22. The monoisotopic (exact) mass is 460 g/mol. The van der Waals surface area contributed by atoms with E-state index < -0.39 is 11.9 Å². The quantitative estimate of drug-likeness (QED) is 0.333. The average molecular weight is 461 g/mol. The molecule has 162 valence electrons. The minimum absolute atomic E-state index is 0.198. The number of nitrogens with zero attached hydrogens (tertiary/aromatic N) is 1. The molecule has 1 saturated heterocycles.